The number of anilines is 2. The fraction of sp³-hybridized carbons (Fsp3) is 0.389. The molecule has 4 rings (SSSR count). The summed E-state index contributed by atoms with van der Waals surface area (Å²) in [5.74, 6) is 2.25. The second kappa shape index (κ2) is 8.22. The van der Waals surface area contributed by atoms with Gasteiger partial charge in [0, 0.05) is 30.3 Å². The quantitative estimate of drug-likeness (QED) is 0.570. The number of rotatable bonds is 7. The van der Waals surface area contributed by atoms with Crippen LogP contribution in [0.15, 0.2) is 40.9 Å². The molecule has 7 nitrogen and oxygen atoms in total. The van der Waals surface area contributed by atoms with Crippen molar-refractivity contribution < 1.29 is 8.42 Å². The van der Waals surface area contributed by atoms with Crippen LogP contribution in [-0.2, 0) is 29.1 Å². The van der Waals surface area contributed by atoms with E-state index < -0.39 is 9.84 Å². The summed E-state index contributed by atoms with van der Waals surface area (Å²) in [4.78, 5) is 4.62. The number of nitrogens with zero attached hydrogens (tertiary/aromatic N) is 4. The van der Waals surface area contributed by atoms with E-state index >= 15 is 0 Å². The lowest BCUT2D eigenvalue weighted by atomic mass is 10.1. The third-order valence-electron chi connectivity index (χ3n) is 4.65. The number of thioether (sulfide) groups is 1. The summed E-state index contributed by atoms with van der Waals surface area (Å²) >= 11 is 3.16. The van der Waals surface area contributed by atoms with Crippen LogP contribution in [0.3, 0.4) is 0 Å². The summed E-state index contributed by atoms with van der Waals surface area (Å²) in [6.07, 6.45) is 1.37. The molecule has 0 spiro atoms. The summed E-state index contributed by atoms with van der Waals surface area (Å²) < 4.78 is 25.2. The van der Waals surface area contributed by atoms with E-state index in [1.165, 1.54) is 0 Å². The molecule has 0 aliphatic carbocycles. The zero-order chi connectivity index (χ0) is 19.6. The van der Waals surface area contributed by atoms with Crippen LogP contribution in [0.4, 0.5) is 10.8 Å². The standard InChI is InChI=1S/C18H21N5O2S3/c1-23-16(9-13-7-8-28(24,25)12-13)21-22-18(23)27-11-15-10-26-17(20-15)19-14-5-3-2-4-6-14/h2-6,10,13H,7-9,11-12H2,1H3,(H,19,20). The minimum atomic E-state index is -2.86. The van der Waals surface area contributed by atoms with Crippen LogP contribution in [0.5, 0.6) is 0 Å². The van der Waals surface area contributed by atoms with Crippen molar-refractivity contribution in [2.75, 3.05) is 16.8 Å². The SMILES string of the molecule is Cn1c(CC2CCS(=O)(=O)C2)nnc1SCc1csc(Nc2ccccc2)n1. The molecule has 148 valence electrons. The smallest absolute Gasteiger partial charge is 0.191 e. The molecule has 1 aliphatic heterocycles. The predicted octanol–water partition coefficient (Wildman–Crippen LogP) is 3.28. The van der Waals surface area contributed by atoms with Gasteiger partial charge in [-0.3, -0.25) is 0 Å². The number of para-hydroxylation sites is 1. The van der Waals surface area contributed by atoms with Gasteiger partial charge in [0.2, 0.25) is 0 Å². The van der Waals surface area contributed by atoms with Gasteiger partial charge in [0.05, 0.1) is 17.2 Å². The van der Waals surface area contributed by atoms with Crippen molar-refractivity contribution in [2.24, 2.45) is 13.0 Å². The average Bonchev–Trinajstić information content (AvgIpc) is 3.35. The molecular formula is C18H21N5O2S3. The van der Waals surface area contributed by atoms with Gasteiger partial charge < -0.3 is 9.88 Å². The Kier molecular flexibility index (Phi) is 5.70. The van der Waals surface area contributed by atoms with E-state index in [1.807, 2.05) is 47.3 Å². The van der Waals surface area contributed by atoms with Crippen molar-refractivity contribution in [1.29, 1.82) is 0 Å². The van der Waals surface area contributed by atoms with Gasteiger partial charge in [0.1, 0.15) is 5.82 Å². The summed E-state index contributed by atoms with van der Waals surface area (Å²) in [7, 11) is -0.929. The highest BCUT2D eigenvalue weighted by Crippen LogP contribution is 2.27. The first-order valence-corrected chi connectivity index (χ1v) is 12.6. The molecule has 0 radical (unpaired) electrons. The third-order valence-corrected chi connectivity index (χ3v) is 8.35. The number of hydrogen-bond acceptors (Lipinski definition) is 8. The van der Waals surface area contributed by atoms with Crippen LogP contribution in [-0.4, -0.2) is 39.7 Å². The fourth-order valence-electron chi connectivity index (χ4n) is 3.15. The van der Waals surface area contributed by atoms with Gasteiger partial charge in [0.25, 0.3) is 0 Å². The van der Waals surface area contributed by atoms with E-state index in [1.54, 1.807) is 23.1 Å². The minimum Gasteiger partial charge on any atom is -0.332 e. The van der Waals surface area contributed by atoms with E-state index in [2.05, 4.69) is 20.5 Å². The highest BCUT2D eigenvalue weighted by molar-refractivity contribution is 7.98. The molecule has 1 saturated heterocycles. The van der Waals surface area contributed by atoms with E-state index in [0.29, 0.717) is 24.3 Å². The second-order valence-corrected chi connectivity index (χ2v) is 10.9. The Morgan fingerprint density at radius 3 is 2.86 bits per heavy atom. The zero-order valence-electron chi connectivity index (χ0n) is 15.4. The van der Waals surface area contributed by atoms with E-state index in [4.69, 9.17) is 0 Å². The monoisotopic (exact) mass is 435 g/mol. The van der Waals surface area contributed by atoms with Crippen molar-refractivity contribution in [1.82, 2.24) is 19.7 Å². The first kappa shape index (κ1) is 19.4. The van der Waals surface area contributed by atoms with Crippen molar-refractivity contribution in [3.63, 3.8) is 0 Å². The molecule has 1 atom stereocenters. The molecule has 1 aliphatic rings. The molecule has 10 heteroatoms. The van der Waals surface area contributed by atoms with Gasteiger partial charge in [-0.25, -0.2) is 13.4 Å². The third kappa shape index (κ3) is 4.73. The highest BCUT2D eigenvalue weighted by atomic mass is 32.2. The fourth-order valence-corrected chi connectivity index (χ4v) is 6.67. The van der Waals surface area contributed by atoms with Crippen LogP contribution < -0.4 is 5.32 Å². The summed E-state index contributed by atoms with van der Waals surface area (Å²) in [6.45, 7) is 0. The van der Waals surface area contributed by atoms with Crippen LogP contribution >= 0.6 is 23.1 Å². The van der Waals surface area contributed by atoms with Crippen molar-refractivity contribution in [3.05, 3.63) is 47.2 Å². The van der Waals surface area contributed by atoms with E-state index in [0.717, 1.165) is 27.5 Å². The van der Waals surface area contributed by atoms with Crippen LogP contribution in [0.2, 0.25) is 0 Å². The molecule has 1 aromatic carbocycles. The maximum absolute atomic E-state index is 11.6. The van der Waals surface area contributed by atoms with E-state index in [-0.39, 0.29) is 11.7 Å². The Hall–Kier alpha value is -1.91. The van der Waals surface area contributed by atoms with E-state index in [9.17, 15) is 8.42 Å². The molecule has 1 fully saturated rings. The molecule has 3 aromatic rings. The van der Waals surface area contributed by atoms with Crippen molar-refractivity contribution in [3.8, 4) is 0 Å². The second-order valence-electron chi connectivity index (χ2n) is 6.85. The minimum absolute atomic E-state index is 0.149. The Morgan fingerprint density at radius 2 is 2.11 bits per heavy atom. The summed E-state index contributed by atoms with van der Waals surface area (Å²) in [6, 6.07) is 9.97. The molecule has 0 amide bonds. The Balaban J connectivity index is 1.34. The molecule has 2 aromatic heterocycles. The number of benzene rings is 1. The van der Waals surface area contributed by atoms with Gasteiger partial charge in [-0.1, -0.05) is 30.0 Å². The average molecular weight is 436 g/mol. The number of nitrogens with one attached hydrogen (secondary N) is 1. The van der Waals surface area contributed by atoms with Crippen molar-refractivity contribution in [2.45, 2.75) is 23.8 Å². The Labute approximate surface area is 172 Å². The number of aromatic nitrogens is 4. The maximum Gasteiger partial charge on any atom is 0.191 e. The molecule has 1 unspecified atom stereocenters. The highest BCUT2D eigenvalue weighted by Gasteiger charge is 2.29. The van der Waals surface area contributed by atoms with Crippen LogP contribution in [0, 0.1) is 5.92 Å². The number of thiazole rings is 1. The molecular weight excluding hydrogens is 414 g/mol. The predicted molar refractivity (Wildman–Crippen MR) is 113 cm³/mol. The number of sulfone groups is 1. The van der Waals surface area contributed by atoms with Gasteiger partial charge in [-0.2, -0.15) is 0 Å². The van der Waals surface area contributed by atoms with Gasteiger partial charge in [0.15, 0.2) is 20.1 Å². The lowest BCUT2D eigenvalue weighted by Gasteiger charge is -2.07. The first-order valence-electron chi connectivity index (χ1n) is 8.96. The van der Waals surface area contributed by atoms with Gasteiger partial charge in [-0.05, 0) is 24.5 Å². The molecule has 1 N–H and O–H groups in total. The summed E-state index contributed by atoms with van der Waals surface area (Å²) in [5, 5.41) is 15.6. The Bertz CT molecular complexity index is 1050. The first-order chi connectivity index (χ1) is 13.5. The lowest BCUT2D eigenvalue weighted by molar-refractivity contribution is 0.552. The van der Waals surface area contributed by atoms with Gasteiger partial charge in [-0.15, -0.1) is 21.5 Å². The molecule has 28 heavy (non-hydrogen) atoms. The van der Waals surface area contributed by atoms with Crippen LogP contribution in [0.1, 0.15) is 17.9 Å². The Morgan fingerprint density at radius 1 is 1.29 bits per heavy atom. The summed E-state index contributed by atoms with van der Waals surface area (Å²) in [5.41, 5.74) is 2.00. The number of hydrogen-bond donors (Lipinski definition) is 1. The molecule has 3 heterocycles. The molecule has 0 bridgehead atoms. The lowest BCUT2D eigenvalue weighted by Crippen LogP contribution is -2.11. The topological polar surface area (TPSA) is 89.8 Å². The normalized spacial score (nSPS) is 18.4. The zero-order valence-corrected chi connectivity index (χ0v) is 17.9. The molecule has 0 saturated carbocycles. The van der Waals surface area contributed by atoms with Crippen LogP contribution in [0.25, 0.3) is 0 Å². The largest absolute Gasteiger partial charge is 0.332 e. The van der Waals surface area contributed by atoms with Gasteiger partial charge >= 0.3 is 0 Å². The van der Waals surface area contributed by atoms with Crippen molar-refractivity contribution >= 4 is 43.8 Å². The maximum atomic E-state index is 11.6.